The first-order valence-corrected chi connectivity index (χ1v) is 13.2. The molecule has 0 atom stereocenters. The van der Waals surface area contributed by atoms with Gasteiger partial charge in [0.2, 0.25) is 11.4 Å². The summed E-state index contributed by atoms with van der Waals surface area (Å²) in [4.78, 5) is 13.5. The van der Waals surface area contributed by atoms with E-state index in [2.05, 4.69) is 50.9 Å². The highest BCUT2D eigenvalue weighted by Gasteiger charge is 2.21. The first-order chi connectivity index (χ1) is 18.2. The number of aromatic nitrogens is 4. The minimum absolute atomic E-state index is 0.00524. The van der Waals surface area contributed by atoms with Crippen LogP contribution < -0.4 is 20.1 Å². The summed E-state index contributed by atoms with van der Waals surface area (Å²) in [6.07, 6.45) is 1.80. The lowest BCUT2D eigenvalue weighted by Crippen LogP contribution is -2.43. The molecule has 0 saturated heterocycles. The van der Waals surface area contributed by atoms with E-state index in [0.29, 0.717) is 30.3 Å². The number of hydrogen-bond donors (Lipinski definition) is 1. The molecule has 0 fully saturated rings. The Bertz CT molecular complexity index is 1450. The number of Topliss-reactive ketones (excluding diaryl/α,β-unsaturated/α-hetero) is 1. The molecule has 200 valence electrons. The standard InChI is InChI=1S/C30H37N5O3/c1-6-25(7-2)38-27-13-14-28-34(33-29(31)35(28)32-27)18-26(36)23-15-22(16-24(17-23)30(3,4)5)20-37-19-21-11-9-8-10-12-21/h8-17,25,31H,6-7,18-20H2,1-5H3. The quantitative estimate of drug-likeness (QED) is 0.234. The average Bonchev–Trinajstić information content (AvgIpc) is 3.21. The second kappa shape index (κ2) is 11.7. The topological polar surface area (TPSA) is 94.7 Å². The molecule has 0 aliphatic carbocycles. The number of ether oxygens (including phenoxy) is 2. The third-order valence-electron chi connectivity index (χ3n) is 6.52. The van der Waals surface area contributed by atoms with Crippen molar-refractivity contribution in [2.24, 2.45) is 0 Å². The second-order valence-electron chi connectivity index (χ2n) is 10.5. The smallest absolute Gasteiger partial charge is 0.317 e. The molecule has 2 aromatic heterocycles. The molecule has 0 unspecified atom stereocenters. The number of rotatable bonds is 11. The van der Waals surface area contributed by atoms with Gasteiger partial charge in [-0.2, -0.15) is 9.78 Å². The summed E-state index contributed by atoms with van der Waals surface area (Å²) in [6.45, 7) is 11.4. The van der Waals surface area contributed by atoms with Crippen molar-refractivity contribution in [1.82, 2.24) is 14.7 Å². The molecule has 4 aromatic rings. The Balaban J connectivity index is 1.56. The average molecular weight is 516 g/mol. The van der Waals surface area contributed by atoms with Gasteiger partial charge in [-0.25, -0.2) is 0 Å². The van der Waals surface area contributed by atoms with E-state index >= 15 is 0 Å². The molecule has 0 radical (unpaired) electrons. The van der Waals surface area contributed by atoms with E-state index in [-0.39, 0.29) is 29.5 Å². The molecule has 0 spiro atoms. The van der Waals surface area contributed by atoms with E-state index in [1.807, 2.05) is 42.5 Å². The predicted molar refractivity (Wildman–Crippen MR) is 144 cm³/mol. The predicted octanol–water partition coefficient (Wildman–Crippen LogP) is 4.52. The lowest BCUT2D eigenvalue weighted by molar-refractivity contribution is -0.721. The number of carbonyl (C=O) groups is 1. The fourth-order valence-electron chi connectivity index (χ4n) is 4.22. The summed E-state index contributed by atoms with van der Waals surface area (Å²) in [5, 5.41) is 17.0. The number of fused-ring (bicyclic) bond motifs is 1. The normalized spacial score (nSPS) is 11.8. The largest absolute Gasteiger partial charge is 0.472 e. The van der Waals surface area contributed by atoms with Gasteiger partial charge in [0.15, 0.2) is 6.54 Å². The Morgan fingerprint density at radius 2 is 1.74 bits per heavy atom. The number of hydrogen-bond acceptors (Lipinski definition) is 5. The molecule has 8 heteroatoms. The van der Waals surface area contributed by atoms with Gasteiger partial charge in [-0.1, -0.05) is 75.5 Å². The highest BCUT2D eigenvalue weighted by molar-refractivity contribution is 5.95. The van der Waals surface area contributed by atoms with Crippen molar-refractivity contribution in [3.8, 4) is 5.88 Å². The molecule has 4 rings (SSSR count). The molecule has 2 aromatic carbocycles. The number of nitrogens with zero attached hydrogens (tertiary/aromatic N) is 4. The summed E-state index contributed by atoms with van der Waals surface area (Å²) in [5.41, 5.74) is 4.07. The SMILES string of the molecule is CCC(CC)Oc1ccc2n(n1)c(=N)[n-][n+]2CC(=O)c1cc(COCc2ccccc2)cc(C(C)(C)C)c1. The lowest BCUT2D eigenvalue weighted by Gasteiger charge is -2.21. The van der Waals surface area contributed by atoms with Gasteiger partial charge >= 0.3 is 5.65 Å². The van der Waals surface area contributed by atoms with Gasteiger partial charge in [-0.3, -0.25) is 4.79 Å². The van der Waals surface area contributed by atoms with E-state index in [1.165, 1.54) is 9.20 Å². The Labute approximate surface area is 223 Å². The number of ketones is 1. The first kappa shape index (κ1) is 27.3. The van der Waals surface area contributed by atoms with Crippen LogP contribution in [0, 0.1) is 5.41 Å². The van der Waals surface area contributed by atoms with Gasteiger partial charge < -0.3 is 14.9 Å². The minimum Gasteiger partial charge on any atom is -0.472 e. The molecule has 0 amide bonds. The van der Waals surface area contributed by atoms with E-state index in [0.717, 1.165) is 29.5 Å². The Kier molecular flexibility index (Phi) is 8.42. The Morgan fingerprint density at radius 1 is 1.03 bits per heavy atom. The second-order valence-corrected chi connectivity index (χ2v) is 10.5. The van der Waals surface area contributed by atoms with Crippen LogP contribution in [0.3, 0.4) is 0 Å². The van der Waals surface area contributed by atoms with Crippen LogP contribution in [0.4, 0.5) is 0 Å². The molecule has 0 aliphatic rings. The molecule has 38 heavy (non-hydrogen) atoms. The third-order valence-corrected chi connectivity index (χ3v) is 6.52. The van der Waals surface area contributed by atoms with Crippen LogP contribution in [0.2, 0.25) is 0 Å². The summed E-state index contributed by atoms with van der Waals surface area (Å²) >= 11 is 0. The van der Waals surface area contributed by atoms with Crippen molar-refractivity contribution >= 4 is 11.4 Å². The molecule has 1 N–H and O–H groups in total. The highest BCUT2D eigenvalue weighted by atomic mass is 16.5. The van der Waals surface area contributed by atoms with Crippen LogP contribution in [-0.4, -0.2) is 21.5 Å². The van der Waals surface area contributed by atoms with Crippen molar-refractivity contribution in [3.63, 3.8) is 0 Å². The fraction of sp³-hybridized carbons (Fsp3) is 0.400. The summed E-state index contributed by atoms with van der Waals surface area (Å²) in [5.74, 6) is 0.344. The maximum absolute atomic E-state index is 13.5. The van der Waals surface area contributed by atoms with Crippen LogP contribution in [0.15, 0.2) is 60.7 Å². The van der Waals surface area contributed by atoms with Crippen LogP contribution in [0.1, 0.15) is 74.5 Å². The zero-order valence-electron chi connectivity index (χ0n) is 22.9. The van der Waals surface area contributed by atoms with Crippen molar-refractivity contribution < 1.29 is 19.0 Å². The molecular weight excluding hydrogens is 478 g/mol. The van der Waals surface area contributed by atoms with Crippen LogP contribution in [-0.2, 0) is 29.9 Å². The van der Waals surface area contributed by atoms with Gasteiger partial charge in [0, 0.05) is 17.7 Å². The Morgan fingerprint density at radius 3 is 2.42 bits per heavy atom. The third kappa shape index (κ3) is 6.55. The maximum atomic E-state index is 13.5. The summed E-state index contributed by atoms with van der Waals surface area (Å²) < 4.78 is 14.8. The van der Waals surface area contributed by atoms with Gasteiger partial charge in [-0.05, 0) is 52.2 Å². The summed E-state index contributed by atoms with van der Waals surface area (Å²) in [6, 6.07) is 19.5. The van der Waals surface area contributed by atoms with Crippen LogP contribution in [0.25, 0.3) is 5.65 Å². The van der Waals surface area contributed by atoms with Crippen LogP contribution in [0.5, 0.6) is 5.88 Å². The van der Waals surface area contributed by atoms with Crippen molar-refractivity contribution in [2.75, 3.05) is 0 Å². The van der Waals surface area contributed by atoms with Crippen molar-refractivity contribution in [3.05, 3.63) is 88.5 Å². The van der Waals surface area contributed by atoms with Gasteiger partial charge in [0.05, 0.1) is 13.2 Å². The summed E-state index contributed by atoms with van der Waals surface area (Å²) in [7, 11) is 0. The minimum atomic E-state index is -0.137. The molecule has 2 heterocycles. The van der Waals surface area contributed by atoms with Crippen molar-refractivity contribution in [1.29, 1.82) is 5.41 Å². The van der Waals surface area contributed by atoms with Gasteiger partial charge in [0.25, 0.3) is 5.88 Å². The van der Waals surface area contributed by atoms with Gasteiger partial charge in [-0.15, -0.1) is 0 Å². The number of nitrogens with one attached hydrogen (secondary N) is 1. The van der Waals surface area contributed by atoms with Crippen LogP contribution >= 0.6 is 0 Å². The maximum Gasteiger partial charge on any atom is 0.317 e. The molecule has 0 bridgehead atoms. The van der Waals surface area contributed by atoms with Gasteiger partial charge in [0.1, 0.15) is 6.10 Å². The number of carbonyl (C=O) groups excluding carboxylic acids is 1. The molecule has 0 aliphatic heterocycles. The van der Waals surface area contributed by atoms with E-state index in [4.69, 9.17) is 14.9 Å². The highest BCUT2D eigenvalue weighted by Crippen LogP contribution is 2.25. The zero-order valence-corrected chi connectivity index (χ0v) is 22.9. The molecular formula is C30H37N5O3. The zero-order chi connectivity index (χ0) is 27.3. The Hall–Kier alpha value is -3.78. The first-order valence-electron chi connectivity index (χ1n) is 13.2. The molecule has 0 saturated carbocycles. The van der Waals surface area contributed by atoms with E-state index < -0.39 is 0 Å². The van der Waals surface area contributed by atoms with E-state index in [1.54, 1.807) is 12.1 Å². The van der Waals surface area contributed by atoms with Crippen molar-refractivity contribution in [2.45, 2.75) is 78.7 Å². The van der Waals surface area contributed by atoms with E-state index in [9.17, 15) is 4.79 Å². The number of benzene rings is 2. The lowest BCUT2D eigenvalue weighted by atomic mass is 9.84. The fourth-order valence-corrected chi connectivity index (χ4v) is 4.22. The monoisotopic (exact) mass is 515 g/mol. The molecule has 8 nitrogen and oxygen atoms in total.